The zero-order chi connectivity index (χ0) is 25.2. The molecule has 0 unspecified atom stereocenters. The number of carbonyl (C=O) groups excluding carboxylic acids is 1. The van der Waals surface area contributed by atoms with E-state index in [2.05, 4.69) is 4.72 Å². The van der Waals surface area contributed by atoms with E-state index in [-0.39, 0.29) is 27.7 Å². The van der Waals surface area contributed by atoms with Crippen LogP contribution in [0.2, 0.25) is 0 Å². The number of nitrogens with zero attached hydrogens (tertiary/aromatic N) is 3. The third kappa shape index (κ3) is 5.40. The molecule has 1 aliphatic rings. The molecule has 1 fully saturated rings. The van der Waals surface area contributed by atoms with Crippen LogP contribution in [0.4, 0.5) is 21.5 Å². The number of nitrogens with one attached hydrogen (secondary N) is 1. The van der Waals surface area contributed by atoms with E-state index < -0.39 is 20.8 Å². The van der Waals surface area contributed by atoms with Crippen LogP contribution in [0.5, 0.6) is 0 Å². The molecule has 4 rings (SSSR count). The van der Waals surface area contributed by atoms with Gasteiger partial charge in [-0.15, -0.1) is 0 Å². The summed E-state index contributed by atoms with van der Waals surface area (Å²) in [7, 11) is -3.98. The van der Waals surface area contributed by atoms with E-state index in [0.717, 1.165) is 17.8 Å². The smallest absolute Gasteiger partial charge is 0.269 e. The quantitative estimate of drug-likeness (QED) is 0.409. The number of sulfonamides is 1. The second kappa shape index (κ2) is 9.71. The van der Waals surface area contributed by atoms with Crippen molar-refractivity contribution in [1.82, 2.24) is 4.90 Å². The predicted molar refractivity (Wildman–Crippen MR) is 130 cm³/mol. The number of non-ortho nitro benzene ring substituents is 1. The summed E-state index contributed by atoms with van der Waals surface area (Å²) in [5, 5.41) is 10.9. The predicted octanol–water partition coefficient (Wildman–Crippen LogP) is 3.81. The van der Waals surface area contributed by atoms with Gasteiger partial charge in [-0.1, -0.05) is 6.07 Å². The van der Waals surface area contributed by atoms with Gasteiger partial charge in [0.1, 0.15) is 5.82 Å². The highest BCUT2D eigenvalue weighted by atomic mass is 32.2. The summed E-state index contributed by atoms with van der Waals surface area (Å²) in [5.41, 5.74) is 1.99. The number of nitro groups is 1. The Balaban J connectivity index is 1.46. The molecule has 35 heavy (non-hydrogen) atoms. The Labute approximate surface area is 202 Å². The Morgan fingerprint density at radius 1 is 0.971 bits per heavy atom. The molecule has 0 spiro atoms. The van der Waals surface area contributed by atoms with Crippen molar-refractivity contribution in [2.75, 3.05) is 35.8 Å². The first kappa shape index (κ1) is 24.1. The fourth-order valence-corrected chi connectivity index (χ4v) is 4.94. The van der Waals surface area contributed by atoms with Crippen LogP contribution in [0.3, 0.4) is 0 Å². The Hall–Kier alpha value is -3.99. The summed E-state index contributed by atoms with van der Waals surface area (Å²) in [6, 6.07) is 15.6. The topological polar surface area (TPSA) is 113 Å². The molecular weight excluding hydrogens is 475 g/mol. The molecule has 0 aromatic heterocycles. The molecule has 1 amide bonds. The summed E-state index contributed by atoms with van der Waals surface area (Å²) in [6.45, 7) is 3.64. The zero-order valence-electron chi connectivity index (χ0n) is 18.8. The molecule has 0 saturated carbocycles. The maximum Gasteiger partial charge on any atom is 0.269 e. The number of aryl methyl sites for hydroxylation is 1. The average molecular weight is 499 g/mol. The molecule has 0 radical (unpaired) electrons. The molecule has 9 nitrogen and oxygen atoms in total. The van der Waals surface area contributed by atoms with Gasteiger partial charge in [0.2, 0.25) is 0 Å². The lowest BCUT2D eigenvalue weighted by molar-refractivity contribution is -0.384. The summed E-state index contributed by atoms with van der Waals surface area (Å²) in [4.78, 5) is 27.3. The van der Waals surface area contributed by atoms with Crippen LogP contribution < -0.4 is 9.62 Å². The van der Waals surface area contributed by atoms with Crippen LogP contribution in [-0.2, 0) is 10.0 Å². The number of benzene rings is 3. The molecule has 3 aromatic rings. The number of amides is 1. The van der Waals surface area contributed by atoms with Gasteiger partial charge in [0.05, 0.1) is 9.82 Å². The van der Waals surface area contributed by atoms with Gasteiger partial charge in [-0.3, -0.25) is 19.6 Å². The number of anilines is 2. The maximum atomic E-state index is 13.2. The van der Waals surface area contributed by atoms with Crippen molar-refractivity contribution >= 4 is 33.0 Å². The average Bonchev–Trinajstić information content (AvgIpc) is 2.85. The van der Waals surface area contributed by atoms with Gasteiger partial charge in [-0.25, -0.2) is 12.8 Å². The molecule has 3 aromatic carbocycles. The third-order valence-electron chi connectivity index (χ3n) is 5.84. The first-order chi connectivity index (χ1) is 16.6. The lowest BCUT2D eigenvalue weighted by Crippen LogP contribution is -2.49. The van der Waals surface area contributed by atoms with Crippen molar-refractivity contribution < 1.29 is 22.5 Å². The van der Waals surface area contributed by atoms with Crippen molar-refractivity contribution in [3.63, 3.8) is 0 Å². The van der Waals surface area contributed by atoms with E-state index in [1.54, 1.807) is 30.0 Å². The number of piperazine rings is 1. The monoisotopic (exact) mass is 498 g/mol. The van der Waals surface area contributed by atoms with Gasteiger partial charge in [-0.2, -0.15) is 0 Å². The fourth-order valence-electron chi connectivity index (χ4n) is 3.85. The Morgan fingerprint density at radius 2 is 1.60 bits per heavy atom. The van der Waals surface area contributed by atoms with E-state index in [1.165, 1.54) is 36.4 Å². The normalized spacial score (nSPS) is 14.0. The van der Waals surface area contributed by atoms with Crippen molar-refractivity contribution in [2.24, 2.45) is 0 Å². The summed E-state index contributed by atoms with van der Waals surface area (Å²) >= 11 is 0. The van der Waals surface area contributed by atoms with Gasteiger partial charge < -0.3 is 9.80 Å². The Morgan fingerprint density at radius 3 is 2.20 bits per heavy atom. The summed E-state index contributed by atoms with van der Waals surface area (Å²) in [5.74, 6) is -0.755. The molecular formula is C24H23FN4O5S. The minimum absolute atomic E-state index is 0.0155. The van der Waals surface area contributed by atoms with E-state index >= 15 is 0 Å². The highest BCUT2D eigenvalue weighted by Gasteiger charge is 2.25. The number of hydrogen-bond donors (Lipinski definition) is 1. The van der Waals surface area contributed by atoms with Gasteiger partial charge >= 0.3 is 0 Å². The zero-order valence-corrected chi connectivity index (χ0v) is 19.7. The van der Waals surface area contributed by atoms with E-state index in [1.807, 2.05) is 4.90 Å². The highest BCUT2D eigenvalue weighted by molar-refractivity contribution is 7.92. The van der Waals surface area contributed by atoms with Gasteiger partial charge in [0.15, 0.2) is 0 Å². The van der Waals surface area contributed by atoms with Crippen molar-refractivity contribution in [3.8, 4) is 0 Å². The van der Waals surface area contributed by atoms with Crippen LogP contribution in [0.25, 0.3) is 0 Å². The number of halogens is 1. The molecule has 1 aliphatic heterocycles. The fraction of sp³-hybridized carbons (Fsp3) is 0.208. The standard InChI is InChI=1S/C24H23FN4O5S/c1-17-2-11-22(35(33,34)26-19-5-3-18(25)4-6-19)16-23(17)24(30)28-14-12-27(13-15-28)20-7-9-21(10-8-20)29(31)32/h2-11,16,26H,12-15H2,1H3. The molecule has 1 saturated heterocycles. The van der Waals surface area contributed by atoms with Crippen molar-refractivity contribution in [1.29, 1.82) is 0 Å². The van der Waals surface area contributed by atoms with Crippen molar-refractivity contribution in [2.45, 2.75) is 11.8 Å². The van der Waals surface area contributed by atoms with Gasteiger partial charge in [0.25, 0.3) is 21.6 Å². The molecule has 1 N–H and O–H groups in total. The summed E-state index contributed by atoms with van der Waals surface area (Å²) < 4.78 is 41.2. The van der Waals surface area contributed by atoms with Crippen LogP contribution in [0.15, 0.2) is 71.6 Å². The molecule has 0 bridgehead atoms. The molecule has 0 atom stereocenters. The molecule has 0 aliphatic carbocycles. The van der Waals surface area contributed by atoms with Crippen LogP contribution in [-0.4, -0.2) is 50.3 Å². The van der Waals surface area contributed by atoms with Gasteiger partial charge in [-0.05, 0) is 61.0 Å². The van der Waals surface area contributed by atoms with Crippen LogP contribution in [0.1, 0.15) is 15.9 Å². The largest absolute Gasteiger partial charge is 0.368 e. The maximum absolute atomic E-state index is 13.2. The van der Waals surface area contributed by atoms with Crippen LogP contribution in [0, 0.1) is 22.9 Å². The van der Waals surface area contributed by atoms with Crippen molar-refractivity contribution in [3.05, 3.63) is 93.8 Å². The number of carbonyl (C=O) groups is 1. The van der Waals surface area contributed by atoms with E-state index in [9.17, 15) is 27.7 Å². The molecule has 11 heteroatoms. The second-order valence-corrected chi connectivity index (χ2v) is 9.82. The molecule has 182 valence electrons. The summed E-state index contributed by atoms with van der Waals surface area (Å²) in [6.07, 6.45) is 0. The minimum atomic E-state index is -3.98. The van der Waals surface area contributed by atoms with E-state index in [0.29, 0.717) is 31.7 Å². The number of hydrogen-bond acceptors (Lipinski definition) is 6. The van der Waals surface area contributed by atoms with Crippen LogP contribution >= 0.6 is 0 Å². The lowest BCUT2D eigenvalue weighted by atomic mass is 10.1. The first-order valence-corrected chi connectivity index (χ1v) is 12.3. The number of nitro benzene ring substituents is 1. The highest BCUT2D eigenvalue weighted by Crippen LogP contribution is 2.23. The second-order valence-electron chi connectivity index (χ2n) is 8.14. The van der Waals surface area contributed by atoms with Gasteiger partial charge in [0, 0.05) is 55.2 Å². The third-order valence-corrected chi connectivity index (χ3v) is 7.22. The lowest BCUT2D eigenvalue weighted by Gasteiger charge is -2.36. The SMILES string of the molecule is Cc1ccc(S(=O)(=O)Nc2ccc(F)cc2)cc1C(=O)N1CCN(c2ccc([N+](=O)[O-])cc2)CC1. The number of rotatable bonds is 6. The Bertz CT molecular complexity index is 1350. The minimum Gasteiger partial charge on any atom is -0.368 e. The Kier molecular flexibility index (Phi) is 6.70. The molecule has 1 heterocycles. The first-order valence-electron chi connectivity index (χ1n) is 10.8. The van der Waals surface area contributed by atoms with E-state index in [4.69, 9.17) is 0 Å².